The highest BCUT2D eigenvalue weighted by atomic mass is 32.2. The number of nitrogens with zero attached hydrogens (tertiary/aromatic N) is 1. The van der Waals surface area contributed by atoms with Gasteiger partial charge in [-0.15, -0.1) is 11.8 Å². The Morgan fingerprint density at radius 3 is 2.81 bits per heavy atom. The maximum absolute atomic E-state index is 13.2. The lowest BCUT2D eigenvalue weighted by atomic mass is 10.2. The summed E-state index contributed by atoms with van der Waals surface area (Å²) in [6.07, 6.45) is 2.86. The highest BCUT2D eigenvalue weighted by molar-refractivity contribution is 7.98. The molecule has 1 rings (SSSR count). The molecule has 1 heterocycles. The molecule has 1 aromatic heterocycles. The number of nitrogens with one attached hydrogen (secondary N) is 1. The number of hydrogen-bond donors (Lipinski definition) is 2. The zero-order valence-corrected chi connectivity index (χ0v) is 9.18. The van der Waals surface area contributed by atoms with Gasteiger partial charge in [0.15, 0.2) is 5.82 Å². The van der Waals surface area contributed by atoms with Crippen molar-refractivity contribution in [3.63, 3.8) is 0 Å². The lowest BCUT2D eigenvalue weighted by molar-refractivity contribution is -0.135. The van der Waals surface area contributed by atoms with E-state index in [2.05, 4.69) is 10.3 Å². The molecule has 86 valence electrons. The molecule has 0 atom stereocenters. The van der Waals surface area contributed by atoms with Crippen molar-refractivity contribution in [3.05, 3.63) is 23.6 Å². The van der Waals surface area contributed by atoms with E-state index in [9.17, 15) is 14.0 Å². The first-order valence-electron chi connectivity index (χ1n) is 4.24. The van der Waals surface area contributed by atoms with E-state index in [0.29, 0.717) is 0 Å². The van der Waals surface area contributed by atoms with E-state index in [4.69, 9.17) is 5.11 Å². The lowest BCUT2D eigenvalue weighted by Gasteiger charge is -2.03. The Morgan fingerprint density at radius 1 is 1.62 bits per heavy atom. The maximum Gasteiger partial charge on any atom is 0.322 e. The third-order valence-corrected chi connectivity index (χ3v) is 2.35. The molecule has 0 bridgehead atoms. The number of carboxylic acids is 1. The van der Waals surface area contributed by atoms with E-state index < -0.39 is 24.2 Å². The Balaban J connectivity index is 2.77. The van der Waals surface area contributed by atoms with E-state index in [-0.39, 0.29) is 10.6 Å². The number of pyridine rings is 1. The van der Waals surface area contributed by atoms with Crippen molar-refractivity contribution in [2.24, 2.45) is 0 Å². The molecule has 0 unspecified atom stereocenters. The Labute approximate surface area is 95.1 Å². The van der Waals surface area contributed by atoms with Gasteiger partial charge in [-0.2, -0.15) is 0 Å². The number of aliphatic carboxylic acids is 1. The van der Waals surface area contributed by atoms with Crippen LogP contribution in [0.2, 0.25) is 0 Å². The maximum atomic E-state index is 13.2. The molecule has 0 fully saturated rings. The molecular formula is C9H9FN2O3S. The molecule has 0 radical (unpaired) electrons. The first-order chi connectivity index (χ1) is 7.54. The summed E-state index contributed by atoms with van der Waals surface area (Å²) >= 11 is 1.12. The van der Waals surface area contributed by atoms with Crippen LogP contribution in [0.5, 0.6) is 0 Å². The van der Waals surface area contributed by atoms with Crippen molar-refractivity contribution in [2.45, 2.75) is 5.03 Å². The van der Waals surface area contributed by atoms with Gasteiger partial charge >= 0.3 is 5.97 Å². The molecule has 0 saturated carbocycles. The van der Waals surface area contributed by atoms with Gasteiger partial charge in [0.05, 0.1) is 5.56 Å². The van der Waals surface area contributed by atoms with Crippen molar-refractivity contribution in [2.75, 3.05) is 12.8 Å². The minimum Gasteiger partial charge on any atom is -0.480 e. The van der Waals surface area contributed by atoms with Crippen LogP contribution in [0.3, 0.4) is 0 Å². The largest absolute Gasteiger partial charge is 0.480 e. The summed E-state index contributed by atoms with van der Waals surface area (Å²) in [6.45, 7) is -0.509. The highest BCUT2D eigenvalue weighted by Crippen LogP contribution is 2.16. The predicted molar refractivity (Wildman–Crippen MR) is 55.9 cm³/mol. The van der Waals surface area contributed by atoms with Crippen LogP contribution in [0.15, 0.2) is 17.3 Å². The minimum atomic E-state index is -1.16. The summed E-state index contributed by atoms with van der Waals surface area (Å²) in [5.74, 6) is -2.43. The fourth-order valence-electron chi connectivity index (χ4n) is 0.958. The molecule has 0 saturated heterocycles. The quantitative estimate of drug-likeness (QED) is 0.764. The van der Waals surface area contributed by atoms with Crippen molar-refractivity contribution in [1.82, 2.24) is 10.3 Å². The average molecular weight is 244 g/mol. The van der Waals surface area contributed by atoms with Crippen LogP contribution in [-0.4, -0.2) is 34.8 Å². The van der Waals surface area contributed by atoms with Gasteiger partial charge in [0.1, 0.15) is 11.6 Å². The number of thioether (sulfide) groups is 1. The number of carbonyl (C=O) groups excluding carboxylic acids is 1. The van der Waals surface area contributed by atoms with Crippen LogP contribution >= 0.6 is 11.8 Å². The molecule has 0 spiro atoms. The van der Waals surface area contributed by atoms with Gasteiger partial charge in [-0.25, -0.2) is 9.37 Å². The van der Waals surface area contributed by atoms with Crippen LogP contribution in [0.4, 0.5) is 4.39 Å². The van der Waals surface area contributed by atoms with Gasteiger partial charge in [-0.1, -0.05) is 0 Å². The second kappa shape index (κ2) is 5.45. The fourth-order valence-corrected chi connectivity index (χ4v) is 1.37. The van der Waals surface area contributed by atoms with Crippen LogP contribution in [-0.2, 0) is 4.79 Å². The molecule has 7 heteroatoms. The number of halogens is 1. The van der Waals surface area contributed by atoms with Gasteiger partial charge in [0.2, 0.25) is 0 Å². The van der Waals surface area contributed by atoms with Crippen LogP contribution < -0.4 is 5.32 Å². The van der Waals surface area contributed by atoms with E-state index in [1.807, 2.05) is 0 Å². The van der Waals surface area contributed by atoms with Gasteiger partial charge in [-0.3, -0.25) is 9.59 Å². The molecule has 0 aromatic carbocycles. The SMILES string of the molecule is CSc1ncc(C(=O)NCC(=O)O)cc1F. The standard InChI is InChI=1S/C9H9FN2O3S/c1-16-9-6(10)2-5(3-12-9)8(15)11-4-7(13)14/h2-3H,4H2,1H3,(H,11,15)(H,13,14). The summed E-state index contributed by atoms with van der Waals surface area (Å²) in [5, 5.41) is 10.6. The van der Waals surface area contributed by atoms with E-state index in [1.54, 1.807) is 6.26 Å². The lowest BCUT2D eigenvalue weighted by Crippen LogP contribution is -2.29. The Hall–Kier alpha value is -1.63. The smallest absolute Gasteiger partial charge is 0.322 e. The zero-order chi connectivity index (χ0) is 12.1. The summed E-state index contributed by atoms with van der Waals surface area (Å²) in [5.41, 5.74) is -0.00319. The molecule has 5 nitrogen and oxygen atoms in total. The Bertz CT molecular complexity index is 425. The number of hydrogen-bond acceptors (Lipinski definition) is 4. The molecule has 1 aromatic rings. The Morgan fingerprint density at radius 2 is 2.31 bits per heavy atom. The minimum absolute atomic E-state index is 0.00319. The second-order valence-electron chi connectivity index (χ2n) is 2.79. The second-order valence-corrected chi connectivity index (χ2v) is 3.59. The third-order valence-electron chi connectivity index (χ3n) is 1.66. The predicted octanol–water partition coefficient (Wildman–Crippen LogP) is 0.757. The van der Waals surface area contributed by atoms with Crippen molar-refractivity contribution in [1.29, 1.82) is 0 Å². The zero-order valence-electron chi connectivity index (χ0n) is 8.36. The van der Waals surface area contributed by atoms with Gasteiger partial charge < -0.3 is 10.4 Å². The number of amides is 1. The Kier molecular flexibility index (Phi) is 4.24. The fraction of sp³-hybridized carbons (Fsp3) is 0.222. The molecule has 0 aliphatic carbocycles. The molecule has 0 aliphatic rings. The van der Waals surface area contributed by atoms with Crippen LogP contribution in [0.1, 0.15) is 10.4 Å². The third kappa shape index (κ3) is 3.20. The number of rotatable bonds is 4. The van der Waals surface area contributed by atoms with E-state index in [1.165, 1.54) is 6.20 Å². The topological polar surface area (TPSA) is 79.3 Å². The summed E-state index contributed by atoms with van der Waals surface area (Å²) in [7, 11) is 0. The number of carboxylic acid groups (broad SMARTS) is 1. The summed E-state index contributed by atoms with van der Waals surface area (Å²) in [6, 6.07) is 1.02. The molecule has 16 heavy (non-hydrogen) atoms. The monoisotopic (exact) mass is 244 g/mol. The summed E-state index contributed by atoms with van der Waals surface area (Å²) in [4.78, 5) is 25.2. The van der Waals surface area contributed by atoms with Gasteiger partial charge in [-0.05, 0) is 12.3 Å². The van der Waals surface area contributed by atoms with Crippen molar-refractivity contribution < 1.29 is 19.1 Å². The van der Waals surface area contributed by atoms with Crippen molar-refractivity contribution in [3.8, 4) is 0 Å². The van der Waals surface area contributed by atoms with Gasteiger partial charge in [0, 0.05) is 6.20 Å². The van der Waals surface area contributed by atoms with E-state index >= 15 is 0 Å². The highest BCUT2D eigenvalue weighted by Gasteiger charge is 2.11. The molecular weight excluding hydrogens is 235 g/mol. The first kappa shape index (κ1) is 12.4. The average Bonchev–Trinajstić information content (AvgIpc) is 2.25. The first-order valence-corrected chi connectivity index (χ1v) is 5.46. The molecule has 1 amide bonds. The van der Waals surface area contributed by atoms with Gasteiger partial charge in [0.25, 0.3) is 5.91 Å². The van der Waals surface area contributed by atoms with Crippen LogP contribution in [0.25, 0.3) is 0 Å². The van der Waals surface area contributed by atoms with E-state index in [0.717, 1.165) is 17.8 Å². The van der Waals surface area contributed by atoms with Crippen LogP contribution in [0, 0.1) is 5.82 Å². The molecule has 0 aliphatic heterocycles. The normalized spacial score (nSPS) is 9.88. The number of aromatic nitrogens is 1. The molecule has 2 N–H and O–H groups in total. The number of carbonyl (C=O) groups is 2. The van der Waals surface area contributed by atoms with Crippen molar-refractivity contribution >= 4 is 23.6 Å². The summed E-state index contributed by atoms with van der Waals surface area (Å²) < 4.78 is 13.2.